The fourth-order valence-corrected chi connectivity index (χ4v) is 5.59. The first-order valence-corrected chi connectivity index (χ1v) is 14.8. The number of carbonyl (C=O) groups excluding carboxylic acids is 2. The second-order valence-electron chi connectivity index (χ2n) is 10.0. The highest BCUT2D eigenvalue weighted by atomic mass is 32.2. The van der Waals surface area contributed by atoms with Crippen molar-refractivity contribution in [2.24, 2.45) is 0 Å². The Bertz CT molecular complexity index is 1410. The van der Waals surface area contributed by atoms with E-state index >= 15 is 0 Å². The third-order valence-electron chi connectivity index (χ3n) is 6.85. The molecule has 9 heteroatoms. The Hall–Kier alpha value is -3.85. The molecule has 0 saturated carbocycles. The van der Waals surface area contributed by atoms with Crippen LogP contribution >= 0.6 is 0 Å². The summed E-state index contributed by atoms with van der Waals surface area (Å²) in [7, 11) is -2.73. The van der Waals surface area contributed by atoms with Gasteiger partial charge in [0.2, 0.25) is 11.8 Å². The maximum Gasteiger partial charge on any atom is 0.264 e. The minimum Gasteiger partial charge on any atom is -0.495 e. The summed E-state index contributed by atoms with van der Waals surface area (Å²) in [5.41, 5.74) is 2.77. The van der Waals surface area contributed by atoms with Crippen LogP contribution < -0.4 is 14.4 Å². The van der Waals surface area contributed by atoms with Crippen molar-refractivity contribution in [3.05, 3.63) is 89.5 Å². The number of aryl methyl sites for hydroxylation is 2. The molecule has 0 aliphatic heterocycles. The summed E-state index contributed by atoms with van der Waals surface area (Å²) in [5, 5.41) is 2.94. The molecule has 40 heavy (non-hydrogen) atoms. The Kier molecular flexibility index (Phi) is 10.3. The van der Waals surface area contributed by atoms with Crippen LogP contribution in [0.15, 0.2) is 77.7 Å². The number of hydrogen-bond acceptors (Lipinski definition) is 5. The molecule has 0 unspecified atom stereocenters. The highest BCUT2D eigenvalue weighted by molar-refractivity contribution is 7.92. The lowest BCUT2D eigenvalue weighted by molar-refractivity contribution is -0.139. The molecule has 214 valence electrons. The average Bonchev–Trinajstić information content (AvgIpc) is 2.94. The molecule has 2 amide bonds. The van der Waals surface area contributed by atoms with Crippen LogP contribution in [0.2, 0.25) is 0 Å². The van der Waals surface area contributed by atoms with E-state index in [9.17, 15) is 18.0 Å². The molecular weight excluding hydrogens is 526 g/mol. The third-order valence-corrected chi connectivity index (χ3v) is 8.63. The van der Waals surface area contributed by atoms with Crippen LogP contribution in [-0.4, -0.2) is 50.9 Å². The predicted octanol–water partition coefficient (Wildman–Crippen LogP) is 4.84. The number of methoxy groups -OCH3 is 1. The molecule has 3 aromatic carbocycles. The Labute approximate surface area is 238 Å². The molecule has 0 fully saturated rings. The van der Waals surface area contributed by atoms with Gasteiger partial charge >= 0.3 is 0 Å². The summed E-state index contributed by atoms with van der Waals surface area (Å²) in [5.74, 6) is -0.513. The van der Waals surface area contributed by atoms with Gasteiger partial charge in [0.1, 0.15) is 18.3 Å². The molecular formula is C31H39N3O5S. The van der Waals surface area contributed by atoms with Crippen molar-refractivity contribution in [3.8, 4) is 5.75 Å². The lowest BCUT2D eigenvalue weighted by Crippen LogP contribution is -2.52. The summed E-state index contributed by atoms with van der Waals surface area (Å²) >= 11 is 0. The van der Waals surface area contributed by atoms with E-state index in [1.165, 1.54) is 24.1 Å². The molecule has 0 aliphatic rings. The number of benzene rings is 3. The summed E-state index contributed by atoms with van der Waals surface area (Å²) in [6.07, 6.45) is 0.737. The molecule has 2 atom stereocenters. The minimum atomic E-state index is -4.19. The van der Waals surface area contributed by atoms with Crippen molar-refractivity contribution in [3.63, 3.8) is 0 Å². The second-order valence-corrected chi connectivity index (χ2v) is 11.9. The second kappa shape index (κ2) is 13.5. The summed E-state index contributed by atoms with van der Waals surface area (Å²) in [6.45, 7) is 8.84. The fourth-order valence-electron chi connectivity index (χ4n) is 4.17. The molecule has 0 aromatic heterocycles. The molecule has 0 aliphatic carbocycles. The van der Waals surface area contributed by atoms with Crippen molar-refractivity contribution < 1.29 is 22.7 Å². The maximum absolute atomic E-state index is 14.0. The number of nitrogens with zero attached hydrogens (tertiary/aromatic N) is 2. The number of sulfonamides is 1. The predicted molar refractivity (Wildman–Crippen MR) is 158 cm³/mol. The van der Waals surface area contributed by atoms with E-state index in [2.05, 4.69) is 5.32 Å². The van der Waals surface area contributed by atoms with E-state index in [1.807, 2.05) is 64.1 Å². The van der Waals surface area contributed by atoms with E-state index in [1.54, 1.807) is 31.2 Å². The number of rotatable bonds is 12. The van der Waals surface area contributed by atoms with Crippen LogP contribution in [-0.2, 0) is 26.2 Å². The number of amides is 2. The van der Waals surface area contributed by atoms with Gasteiger partial charge in [-0.25, -0.2) is 8.42 Å². The van der Waals surface area contributed by atoms with Crippen LogP contribution in [0.4, 0.5) is 5.69 Å². The quantitative estimate of drug-likeness (QED) is 0.339. The molecule has 8 nitrogen and oxygen atoms in total. The van der Waals surface area contributed by atoms with Gasteiger partial charge in [-0.15, -0.1) is 0 Å². The standard InChI is InChI=1S/C31H39N3O5S/c1-7-24(4)32-31(36)25(5)33(20-26-11-9-8-10-12-26)30(35)21-34(28-19-23(3)15-18-29(28)39-6)40(37,38)27-16-13-22(2)14-17-27/h8-19,24-25H,7,20-21H2,1-6H3,(H,32,36)/t24-,25-/m1/s1. The lowest BCUT2D eigenvalue weighted by Gasteiger charge is -2.33. The van der Waals surface area contributed by atoms with E-state index in [0.29, 0.717) is 5.75 Å². The van der Waals surface area contributed by atoms with Gasteiger partial charge in [-0.3, -0.25) is 13.9 Å². The van der Waals surface area contributed by atoms with Gasteiger partial charge in [0.05, 0.1) is 17.7 Å². The first-order valence-electron chi connectivity index (χ1n) is 13.4. The van der Waals surface area contributed by atoms with Crippen molar-refractivity contribution in [2.75, 3.05) is 18.0 Å². The van der Waals surface area contributed by atoms with Crippen molar-refractivity contribution >= 4 is 27.5 Å². The molecule has 0 bridgehead atoms. The van der Waals surface area contributed by atoms with Crippen LogP contribution in [0.1, 0.15) is 43.9 Å². The maximum atomic E-state index is 14.0. The highest BCUT2D eigenvalue weighted by Crippen LogP contribution is 2.33. The number of carbonyl (C=O) groups is 2. The Morgan fingerprint density at radius 3 is 2.15 bits per heavy atom. The van der Waals surface area contributed by atoms with Gasteiger partial charge in [0.25, 0.3) is 10.0 Å². The average molecular weight is 566 g/mol. The van der Waals surface area contributed by atoms with Crippen LogP contribution in [0.5, 0.6) is 5.75 Å². The molecule has 0 radical (unpaired) electrons. The van der Waals surface area contributed by atoms with E-state index in [0.717, 1.165) is 27.4 Å². The van der Waals surface area contributed by atoms with Crippen molar-refractivity contribution in [1.29, 1.82) is 0 Å². The van der Waals surface area contributed by atoms with Gasteiger partial charge < -0.3 is 15.0 Å². The van der Waals surface area contributed by atoms with Gasteiger partial charge in [-0.2, -0.15) is 0 Å². The molecule has 0 spiro atoms. The van der Waals surface area contributed by atoms with Crippen LogP contribution in [0.3, 0.4) is 0 Å². The molecule has 0 saturated heterocycles. The number of nitrogens with one attached hydrogen (secondary N) is 1. The zero-order valence-corrected chi connectivity index (χ0v) is 24.9. The summed E-state index contributed by atoms with van der Waals surface area (Å²) in [6, 6.07) is 20.0. The minimum absolute atomic E-state index is 0.0478. The number of hydrogen-bond donors (Lipinski definition) is 1. The topological polar surface area (TPSA) is 96.0 Å². The molecule has 1 N–H and O–H groups in total. The lowest BCUT2D eigenvalue weighted by atomic mass is 10.1. The van der Waals surface area contributed by atoms with Gasteiger partial charge in [-0.1, -0.05) is 61.0 Å². The van der Waals surface area contributed by atoms with E-state index in [4.69, 9.17) is 4.74 Å². The molecule has 3 rings (SSSR count). The van der Waals surface area contributed by atoms with Gasteiger partial charge in [0, 0.05) is 12.6 Å². The normalized spacial score (nSPS) is 12.8. The van der Waals surface area contributed by atoms with Gasteiger partial charge in [-0.05, 0) is 69.5 Å². The van der Waals surface area contributed by atoms with Crippen LogP contribution in [0.25, 0.3) is 0 Å². The Balaban J connectivity index is 2.08. The van der Waals surface area contributed by atoms with E-state index in [-0.39, 0.29) is 29.1 Å². The highest BCUT2D eigenvalue weighted by Gasteiger charge is 2.34. The Morgan fingerprint density at radius 2 is 1.55 bits per heavy atom. The smallest absolute Gasteiger partial charge is 0.264 e. The summed E-state index contributed by atoms with van der Waals surface area (Å²) < 4.78 is 34.7. The SMILES string of the molecule is CC[C@@H](C)NC(=O)[C@@H](C)N(Cc1ccccc1)C(=O)CN(c1cc(C)ccc1OC)S(=O)(=O)c1ccc(C)cc1. The third kappa shape index (κ3) is 7.41. The summed E-state index contributed by atoms with van der Waals surface area (Å²) in [4.78, 5) is 28.7. The Morgan fingerprint density at radius 1 is 0.925 bits per heavy atom. The van der Waals surface area contributed by atoms with Gasteiger partial charge in [0.15, 0.2) is 0 Å². The van der Waals surface area contributed by atoms with Crippen molar-refractivity contribution in [2.45, 2.75) is 64.6 Å². The molecule has 0 heterocycles. The van der Waals surface area contributed by atoms with Crippen molar-refractivity contribution in [1.82, 2.24) is 10.2 Å². The largest absolute Gasteiger partial charge is 0.495 e. The number of anilines is 1. The molecule has 3 aromatic rings. The van der Waals surface area contributed by atoms with E-state index < -0.39 is 28.5 Å². The first kappa shape index (κ1) is 30.7. The first-order chi connectivity index (χ1) is 19.0. The fraction of sp³-hybridized carbons (Fsp3) is 0.355. The zero-order chi connectivity index (χ0) is 29.4. The number of ether oxygens (including phenoxy) is 1. The monoisotopic (exact) mass is 565 g/mol. The van der Waals surface area contributed by atoms with Crippen LogP contribution in [0, 0.1) is 13.8 Å². The zero-order valence-electron chi connectivity index (χ0n) is 24.0.